The molecule has 1 aliphatic rings. The molecule has 0 aliphatic carbocycles. The summed E-state index contributed by atoms with van der Waals surface area (Å²) in [5.41, 5.74) is 9.97. The molecule has 0 saturated carbocycles. The van der Waals surface area contributed by atoms with E-state index in [1.54, 1.807) is 30.1 Å². The minimum absolute atomic E-state index is 0.0104. The normalized spacial score (nSPS) is 12.7. The number of hydrogen-bond acceptors (Lipinski definition) is 5. The quantitative estimate of drug-likeness (QED) is 0.556. The summed E-state index contributed by atoms with van der Waals surface area (Å²) < 4.78 is 31.7. The highest BCUT2D eigenvalue weighted by atomic mass is 35.5. The van der Waals surface area contributed by atoms with Gasteiger partial charge in [-0.15, -0.1) is 0 Å². The third-order valence-corrected chi connectivity index (χ3v) is 5.93. The summed E-state index contributed by atoms with van der Waals surface area (Å²) in [6.45, 7) is 5.02. The first-order valence-corrected chi connectivity index (χ1v) is 11.5. The average molecular weight is 549 g/mol. The van der Waals surface area contributed by atoms with Crippen molar-refractivity contribution in [1.82, 2.24) is 14.8 Å². The van der Waals surface area contributed by atoms with Crippen LogP contribution < -0.4 is 5.73 Å². The van der Waals surface area contributed by atoms with E-state index in [2.05, 4.69) is 4.98 Å². The summed E-state index contributed by atoms with van der Waals surface area (Å²) >= 11 is 12.5. The molecule has 1 aromatic carbocycles. The number of rotatable bonds is 6. The summed E-state index contributed by atoms with van der Waals surface area (Å²) in [7, 11) is 1.74. The molecule has 0 fully saturated rings. The number of nitrogens with zero attached hydrogens (tertiary/aromatic N) is 3. The Morgan fingerprint density at radius 3 is 2.36 bits per heavy atom. The lowest BCUT2D eigenvalue weighted by atomic mass is 9.93. The molecule has 0 unspecified atom stereocenters. The number of halogens is 5. The molecule has 2 heterocycles. The van der Waals surface area contributed by atoms with Gasteiger partial charge in [0.2, 0.25) is 5.91 Å². The first-order valence-electron chi connectivity index (χ1n) is 10.7. The average Bonchev–Trinajstić information content (AvgIpc) is 3.07. The third kappa shape index (κ3) is 6.65. The summed E-state index contributed by atoms with van der Waals surface area (Å²) in [4.78, 5) is 42.4. The number of carboxylic acids is 1. The predicted molar refractivity (Wildman–Crippen MR) is 129 cm³/mol. The standard InChI is InChI=1S/C21H24Cl2N4O2.C2HF3O2/c1-4-7-26(3)18(28)11-27-10-17-20(21(27)29)19(15(9-24)12(2)25-17)14-6-5-13(22)8-16(14)23;3-2(4,5)1(6)7/h5-6,8H,4,7,9-11,24H2,1-3H3;(H,6,7). The second-order valence-corrected chi connectivity index (χ2v) is 8.82. The molecule has 1 aromatic heterocycles. The van der Waals surface area contributed by atoms with Gasteiger partial charge in [-0.3, -0.25) is 14.6 Å². The number of aromatic nitrogens is 1. The molecular formula is C23H25Cl2F3N4O4. The molecule has 0 saturated heterocycles. The summed E-state index contributed by atoms with van der Waals surface area (Å²) in [6.07, 6.45) is -4.23. The van der Waals surface area contributed by atoms with Gasteiger partial charge in [0.1, 0.15) is 6.54 Å². The van der Waals surface area contributed by atoms with Gasteiger partial charge in [-0.25, -0.2) is 4.79 Å². The van der Waals surface area contributed by atoms with E-state index < -0.39 is 12.1 Å². The number of pyridine rings is 1. The smallest absolute Gasteiger partial charge is 0.475 e. The fourth-order valence-corrected chi connectivity index (χ4v) is 4.17. The minimum atomic E-state index is -5.08. The van der Waals surface area contributed by atoms with Crippen molar-refractivity contribution in [3.05, 3.63) is 50.8 Å². The van der Waals surface area contributed by atoms with Crippen LogP contribution in [0.25, 0.3) is 11.1 Å². The largest absolute Gasteiger partial charge is 0.490 e. The number of hydrogen-bond donors (Lipinski definition) is 2. The first-order chi connectivity index (χ1) is 16.7. The summed E-state index contributed by atoms with van der Waals surface area (Å²) in [6, 6.07) is 5.15. The number of amides is 2. The second kappa shape index (κ2) is 11.9. The van der Waals surface area contributed by atoms with E-state index in [0.29, 0.717) is 39.0 Å². The lowest BCUT2D eigenvalue weighted by Gasteiger charge is -2.21. The number of carbonyl (C=O) groups excluding carboxylic acids is 2. The van der Waals surface area contributed by atoms with Crippen molar-refractivity contribution < 1.29 is 32.7 Å². The van der Waals surface area contributed by atoms with Crippen molar-refractivity contribution in [3.8, 4) is 11.1 Å². The van der Waals surface area contributed by atoms with Crippen molar-refractivity contribution in [2.24, 2.45) is 5.73 Å². The number of fused-ring (bicyclic) bond motifs is 1. The Morgan fingerprint density at radius 1 is 1.25 bits per heavy atom. The number of likely N-dealkylation sites (N-methyl/N-ethyl adjacent to an activating group) is 1. The van der Waals surface area contributed by atoms with Crippen LogP contribution in [0, 0.1) is 6.92 Å². The van der Waals surface area contributed by atoms with Gasteiger partial charge in [0.15, 0.2) is 0 Å². The Morgan fingerprint density at radius 2 is 1.86 bits per heavy atom. The van der Waals surface area contributed by atoms with Crippen LogP contribution in [0.5, 0.6) is 0 Å². The number of nitrogens with two attached hydrogens (primary N) is 1. The second-order valence-electron chi connectivity index (χ2n) is 7.98. The molecule has 0 atom stereocenters. The van der Waals surface area contributed by atoms with Crippen LogP contribution in [-0.4, -0.2) is 64.0 Å². The van der Waals surface area contributed by atoms with Crippen molar-refractivity contribution in [2.45, 2.75) is 39.5 Å². The summed E-state index contributed by atoms with van der Waals surface area (Å²) in [5.74, 6) is -3.09. The van der Waals surface area contributed by atoms with E-state index >= 15 is 0 Å². The molecule has 2 aromatic rings. The van der Waals surface area contributed by atoms with Crippen molar-refractivity contribution >= 4 is 41.0 Å². The SMILES string of the molecule is CCCN(C)C(=O)CN1Cc2nc(C)c(CN)c(-c3ccc(Cl)cc3Cl)c2C1=O.O=C(O)C(F)(F)F. The molecule has 0 bridgehead atoms. The van der Waals surface area contributed by atoms with Crippen LogP contribution in [0.4, 0.5) is 13.2 Å². The number of aliphatic carboxylic acids is 1. The number of aryl methyl sites for hydroxylation is 1. The maximum absolute atomic E-state index is 13.3. The molecule has 36 heavy (non-hydrogen) atoms. The zero-order valence-corrected chi connectivity index (χ0v) is 21.3. The number of benzene rings is 1. The minimum Gasteiger partial charge on any atom is -0.475 e. The Labute approximate surface area is 215 Å². The van der Waals surface area contributed by atoms with Gasteiger partial charge in [0, 0.05) is 47.0 Å². The Kier molecular flexibility index (Phi) is 9.70. The van der Waals surface area contributed by atoms with Crippen molar-refractivity contribution in [1.29, 1.82) is 0 Å². The molecule has 3 N–H and O–H groups in total. The molecular weight excluding hydrogens is 524 g/mol. The van der Waals surface area contributed by atoms with Crippen LogP contribution >= 0.6 is 23.2 Å². The van der Waals surface area contributed by atoms with Crippen LogP contribution in [0.1, 0.15) is 40.7 Å². The highest BCUT2D eigenvalue weighted by molar-refractivity contribution is 6.36. The molecule has 0 radical (unpaired) electrons. The van der Waals surface area contributed by atoms with E-state index in [1.807, 2.05) is 13.8 Å². The highest BCUT2D eigenvalue weighted by Gasteiger charge is 2.38. The van der Waals surface area contributed by atoms with Gasteiger partial charge in [-0.1, -0.05) is 36.2 Å². The van der Waals surface area contributed by atoms with E-state index in [1.165, 1.54) is 4.90 Å². The fourth-order valence-electron chi connectivity index (χ4n) is 3.67. The maximum atomic E-state index is 13.3. The molecule has 2 amide bonds. The van der Waals surface area contributed by atoms with E-state index in [4.69, 9.17) is 38.8 Å². The van der Waals surface area contributed by atoms with Gasteiger partial charge in [0.25, 0.3) is 5.91 Å². The molecule has 1 aliphatic heterocycles. The van der Waals surface area contributed by atoms with Crippen LogP contribution in [0.3, 0.4) is 0 Å². The van der Waals surface area contributed by atoms with Gasteiger partial charge in [-0.05, 0) is 31.0 Å². The number of carbonyl (C=O) groups is 3. The zero-order valence-electron chi connectivity index (χ0n) is 19.7. The maximum Gasteiger partial charge on any atom is 0.490 e. The lowest BCUT2D eigenvalue weighted by Crippen LogP contribution is -2.38. The van der Waals surface area contributed by atoms with Gasteiger partial charge in [-0.2, -0.15) is 13.2 Å². The van der Waals surface area contributed by atoms with E-state index in [-0.39, 0.29) is 31.4 Å². The topological polar surface area (TPSA) is 117 Å². The highest BCUT2D eigenvalue weighted by Crippen LogP contribution is 2.39. The fraction of sp³-hybridized carbons (Fsp3) is 0.391. The van der Waals surface area contributed by atoms with E-state index in [9.17, 15) is 22.8 Å². The van der Waals surface area contributed by atoms with Gasteiger partial charge >= 0.3 is 12.1 Å². The van der Waals surface area contributed by atoms with Gasteiger partial charge < -0.3 is 20.6 Å². The Balaban J connectivity index is 0.000000572. The van der Waals surface area contributed by atoms with Crippen LogP contribution in [-0.2, 0) is 22.7 Å². The van der Waals surface area contributed by atoms with Gasteiger partial charge in [0.05, 0.1) is 17.8 Å². The summed E-state index contributed by atoms with van der Waals surface area (Å²) in [5, 5.41) is 8.07. The molecule has 13 heteroatoms. The van der Waals surface area contributed by atoms with Crippen molar-refractivity contribution in [3.63, 3.8) is 0 Å². The molecule has 196 valence electrons. The van der Waals surface area contributed by atoms with E-state index in [0.717, 1.165) is 17.7 Å². The number of alkyl halides is 3. The van der Waals surface area contributed by atoms with Crippen LogP contribution in [0.15, 0.2) is 18.2 Å². The predicted octanol–water partition coefficient (Wildman–Crippen LogP) is 4.28. The lowest BCUT2D eigenvalue weighted by molar-refractivity contribution is -0.192. The molecule has 8 nitrogen and oxygen atoms in total. The molecule has 0 spiro atoms. The zero-order chi connectivity index (χ0) is 27.4. The molecule has 3 rings (SSSR count). The third-order valence-electron chi connectivity index (χ3n) is 5.38. The Hall–Kier alpha value is -2.89. The van der Waals surface area contributed by atoms with Crippen LogP contribution in [0.2, 0.25) is 10.0 Å². The first kappa shape index (κ1) is 29.3. The Bertz CT molecular complexity index is 1180. The van der Waals surface area contributed by atoms with Crippen molar-refractivity contribution in [2.75, 3.05) is 20.1 Å². The number of carboxylic acid groups (broad SMARTS) is 1. The monoisotopic (exact) mass is 548 g/mol.